The summed E-state index contributed by atoms with van der Waals surface area (Å²) in [6.45, 7) is 15.0. The molecule has 0 spiro atoms. The van der Waals surface area contributed by atoms with Crippen molar-refractivity contribution >= 4 is 16.8 Å². The van der Waals surface area contributed by atoms with Gasteiger partial charge in [-0.2, -0.15) is 0 Å². The molecule has 2 fully saturated rings. The maximum absolute atomic E-state index is 13.0. The first-order valence-corrected chi connectivity index (χ1v) is 11.4. The average molecular weight is 397 g/mol. The fourth-order valence-electron chi connectivity index (χ4n) is 4.98. The molecular formula is C24H36N4O. The summed E-state index contributed by atoms with van der Waals surface area (Å²) in [5.41, 5.74) is 2.07. The summed E-state index contributed by atoms with van der Waals surface area (Å²) < 4.78 is 2.38. The molecule has 3 heterocycles. The molecule has 0 radical (unpaired) electrons. The Labute approximate surface area is 175 Å². The van der Waals surface area contributed by atoms with Crippen LogP contribution in [0.5, 0.6) is 0 Å². The molecule has 29 heavy (non-hydrogen) atoms. The molecule has 0 bridgehead atoms. The molecule has 1 atom stereocenters. The molecular weight excluding hydrogens is 360 g/mol. The van der Waals surface area contributed by atoms with E-state index in [-0.39, 0.29) is 5.91 Å². The Bertz CT molecular complexity index is 835. The van der Waals surface area contributed by atoms with Gasteiger partial charge in [0.2, 0.25) is 0 Å². The van der Waals surface area contributed by atoms with Gasteiger partial charge in [-0.1, -0.05) is 6.92 Å². The lowest BCUT2D eigenvalue weighted by Crippen LogP contribution is -2.50. The maximum Gasteiger partial charge on any atom is 0.253 e. The van der Waals surface area contributed by atoms with Crippen LogP contribution in [0.2, 0.25) is 0 Å². The van der Waals surface area contributed by atoms with E-state index in [1.54, 1.807) is 0 Å². The molecule has 0 aliphatic carbocycles. The van der Waals surface area contributed by atoms with E-state index in [0.29, 0.717) is 6.04 Å². The summed E-state index contributed by atoms with van der Waals surface area (Å²) >= 11 is 0. The lowest BCUT2D eigenvalue weighted by molar-refractivity contribution is 0.0595. The Balaban J connectivity index is 1.43. The monoisotopic (exact) mass is 396 g/mol. The molecule has 1 amide bonds. The van der Waals surface area contributed by atoms with Crippen molar-refractivity contribution < 1.29 is 4.79 Å². The van der Waals surface area contributed by atoms with Crippen molar-refractivity contribution in [2.45, 2.75) is 46.2 Å². The van der Waals surface area contributed by atoms with Gasteiger partial charge in [0.15, 0.2) is 0 Å². The quantitative estimate of drug-likeness (QED) is 0.775. The largest absolute Gasteiger partial charge is 0.347 e. The molecule has 0 N–H and O–H groups in total. The zero-order chi connectivity index (χ0) is 20.4. The third-order valence-electron chi connectivity index (χ3n) is 6.85. The minimum absolute atomic E-state index is 0.175. The predicted octanol–water partition coefficient (Wildman–Crippen LogP) is 3.54. The van der Waals surface area contributed by atoms with Crippen molar-refractivity contribution in [3.05, 3.63) is 36.0 Å². The molecule has 0 saturated carbocycles. The van der Waals surface area contributed by atoms with Crippen molar-refractivity contribution in [3.63, 3.8) is 0 Å². The number of fused-ring (bicyclic) bond motifs is 1. The number of likely N-dealkylation sites (tertiary alicyclic amines) is 1. The van der Waals surface area contributed by atoms with Gasteiger partial charge in [-0.25, -0.2) is 0 Å². The molecule has 1 aromatic carbocycles. The topological polar surface area (TPSA) is 31.7 Å². The summed E-state index contributed by atoms with van der Waals surface area (Å²) in [5, 5.41) is 1.18. The van der Waals surface area contributed by atoms with Gasteiger partial charge >= 0.3 is 0 Å². The van der Waals surface area contributed by atoms with Gasteiger partial charge in [0, 0.05) is 68.0 Å². The molecule has 2 aliphatic heterocycles. The van der Waals surface area contributed by atoms with Crippen LogP contribution >= 0.6 is 0 Å². The fraction of sp³-hybridized carbons (Fsp3) is 0.625. The van der Waals surface area contributed by atoms with E-state index in [9.17, 15) is 4.79 Å². The summed E-state index contributed by atoms with van der Waals surface area (Å²) in [4.78, 5) is 20.0. The summed E-state index contributed by atoms with van der Waals surface area (Å²) in [6, 6.07) is 8.98. The smallest absolute Gasteiger partial charge is 0.253 e. The Kier molecular flexibility index (Phi) is 6.26. The standard InChI is InChI=1S/C24H36N4O/c1-4-25-10-5-6-20(17-25)18-28-11-9-21-16-22(7-8-23(21)28)24(29)27-14-12-26(13-15-27)19(2)3/h7-9,11,16,19-20H,4-6,10,12-15,17-18H2,1-3H3. The van der Waals surface area contributed by atoms with Crippen molar-refractivity contribution in [3.8, 4) is 0 Å². The number of hydrogen-bond acceptors (Lipinski definition) is 3. The van der Waals surface area contributed by atoms with Crippen LogP contribution in [0.15, 0.2) is 30.5 Å². The number of carbonyl (C=O) groups is 1. The number of amides is 1. The highest BCUT2D eigenvalue weighted by atomic mass is 16.2. The van der Waals surface area contributed by atoms with Crippen LogP contribution in [0, 0.1) is 5.92 Å². The average Bonchev–Trinajstić information content (AvgIpc) is 3.15. The first kappa shape index (κ1) is 20.4. The van der Waals surface area contributed by atoms with Gasteiger partial charge in [-0.15, -0.1) is 0 Å². The highest BCUT2D eigenvalue weighted by Crippen LogP contribution is 2.24. The normalized spacial score (nSPS) is 21.9. The minimum Gasteiger partial charge on any atom is -0.347 e. The molecule has 2 aromatic rings. The Morgan fingerprint density at radius 1 is 1.10 bits per heavy atom. The third kappa shape index (κ3) is 4.51. The second-order valence-corrected chi connectivity index (χ2v) is 9.07. The van der Waals surface area contributed by atoms with E-state index in [0.717, 1.165) is 50.7 Å². The highest BCUT2D eigenvalue weighted by Gasteiger charge is 2.24. The minimum atomic E-state index is 0.175. The Morgan fingerprint density at radius 3 is 2.62 bits per heavy atom. The fourth-order valence-corrected chi connectivity index (χ4v) is 4.98. The molecule has 5 heteroatoms. The van der Waals surface area contributed by atoms with Gasteiger partial charge < -0.3 is 14.4 Å². The predicted molar refractivity (Wildman–Crippen MR) is 119 cm³/mol. The molecule has 2 aliphatic rings. The van der Waals surface area contributed by atoms with E-state index in [4.69, 9.17) is 0 Å². The molecule has 2 saturated heterocycles. The van der Waals surface area contributed by atoms with Gasteiger partial charge in [0.25, 0.3) is 5.91 Å². The number of hydrogen-bond donors (Lipinski definition) is 0. The van der Waals surface area contributed by atoms with Crippen LogP contribution in [0.3, 0.4) is 0 Å². The lowest BCUT2D eigenvalue weighted by atomic mass is 9.98. The number of benzene rings is 1. The molecule has 4 rings (SSSR count). The first-order chi connectivity index (χ1) is 14.0. The van der Waals surface area contributed by atoms with Crippen molar-refractivity contribution in [2.75, 3.05) is 45.8 Å². The van der Waals surface area contributed by atoms with Crippen molar-refractivity contribution in [1.29, 1.82) is 0 Å². The van der Waals surface area contributed by atoms with Crippen LogP contribution in [0.4, 0.5) is 0 Å². The van der Waals surface area contributed by atoms with E-state index < -0.39 is 0 Å². The molecule has 1 unspecified atom stereocenters. The second-order valence-electron chi connectivity index (χ2n) is 9.07. The van der Waals surface area contributed by atoms with Gasteiger partial charge in [-0.3, -0.25) is 9.69 Å². The Hall–Kier alpha value is -1.85. The number of rotatable bonds is 5. The van der Waals surface area contributed by atoms with Crippen LogP contribution in [0.1, 0.15) is 44.0 Å². The first-order valence-electron chi connectivity index (χ1n) is 11.4. The molecule has 5 nitrogen and oxygen atoms in total. The van der Waals surface area contributed by atoms with Crippen LogP contribution in [-0.2, 0) is 6.54 Å². The number of piperidine rings is 1. The van der Waals surface area contributed by atoms with E-state index in [2.05, 4.69) is 59.5 Å². The lowest BCUT2D eigenvalue weighted by Gasteiger charge is -2.37. The Morgan fingerprint density at radius 2 is 1.90 bits per heavy atom. The second kappa shape index (κ2) is 8.88. The van der Waals surface area contributed by atoms with E-state index in [1.165, 1.54) is 36.8 Å². The maximum atomic E-state index is 13.0. The number of aromatic nitrogens is 1. The van der Waals surface area contributed by atoms with Gasteiger partial charge in [-0.05, 0) is 70.0 Å². The number of carbonyl (C=O) groups excluding carboxylic acids is 1. The van der Waals surface area contributed by atoms with Crippen molar-refractivity contribution in [2.24, 2.45) is 5.92 Å². The number of piperazine rings is 1. The zero-order valence-corrected chi connectivity index (χ0v) is 18.3. The summed E-state index contributed by atoms with van der Waals surface area (Å²) in [5.74, 6) is 0.895. The number of nitrogens with zero attached hydrogens (tertiary/aromatic N) is 4. The van der Waals surface area contributed by atoms with Crippen LogP contribution < -0.4 is 0 Å². The van der Waals surface area contributed by atoms with Gasteiger partial charge in [0.05, 0.1) is 0 Å². The molecule has 158 valence electrons. The molecule has 1 aromatic heterocycles. The van der Waals surface area contributed by atoms with Gasteiger partial charge in [0.1, 0.15) is 0 Å². The summed E-state index contributed by atoms with van der Waals surface area (Å²) in [7, 11) is 0. The van der Waals surface area contributed by atoms with Crippen LogP contribution in [-0.4, -0.2) is 77.0 Å². The van der Waals surface area contributed by atoms with E-state index >= 15 is 0 Å². The highest BCUT2D eigenvalue weighted by molar-refractivity contribution is 5.98. The van der Waals surface area contributed by atoms with Crippen LogP contribution in [0.25, 0.3) is 10.9 Å². The zero-order valence-electron chi connectivity index (χ0n) is 18.3. The van der Waals surface area contributed by atoms with Crippen molar-refractivity contribution in [1.82, 2.24) is 19.3 Å². The summed E-state index contributed by atoms with van der Waals surface area (Å²) in [6.07, 6.45) is 4.82. The third-order valence-corrected chi connectivity index (χ3v) is 6.85. The van der Waals surface area contributed by atoms with E-state index in [1.807, 2.05) is 11.0 Å². The SMILES string of the molecule is CCN1CCCC(Cn2ccc3cc(C(=O)N4CCN(C(C)C)CC4)ccc32)C1.